The van der Waals surface area contributed by atoms with Crippen molar-refractivity contribution in [2.75, 3.05) is 11.9 Å². The van der Waals surface area contributed by atoms with E-state index in [1.807, 2.05) is 30.5 Å². The largest absolute Gasteiger partial charge is 0.414 e. The molecule has 0 bridgehead atoms. The Morgan fingerprint density at radius 3 is 2.78 bits per heavy atom. The molecule has 3 rings (SSSR count). The second-order valence-corrected chi connectivity index (χ2v) is 6.96. The number of nitrogens with zero attached hydrogens (tertiary/aromatic N) is 2. The summed E-state index contributed by atoms with van der Waals surface area (Å²) < 4.78 is 1.79. The Labute approximate surface area is 164 Å². The number of pyridine rings is 1. The highest BCUT2D eigenvalue weighted by molar-refractivity contribution is 6.33. The van der Waals surface area contributed by atoms with Gasteiger partial charge in [0.1, 0.15) is 6.61 Å². The van der Waals surface area contributed by atoms with Gasteiger partial charge < -0.3 is 10.2 Å². The van der Waals surface area contributed by atoms with Gasteiger partial charge in [-0.15, -0.1) is 0 Å². The first-order chi connectivity index (χ1) is 13.1. The molecular weight excluding hydrogens is 362 g/mol. The molecule has 0 radical (unpaired) electrons. The summed E-state index contributed by atoms with van der Waals surface area (Å²) in [6.07, 6.45) is 7.41. The van der Waals surface area contributed by atoms with Crippen molar-refractivity contribution >= 4 is 34.1 Å². The molecule has 2 aromatic heterocycles. The molecule has 0 aliphatic carbocycles. The number of rotatable bonds is 8. The minimum absolute atomic E-state index is 0.133. The maximum Gasteiger partial charge on any atom is 0.228 e. The lowest BCUT2D eigenvalue weighted by atomic mass is 10.1. The molecule has 0 saturated carbocycles. The Morgan fingerprint density at radius 1 is 1.26 bits per heavy atom. The number of amides is 1. The molecule has 2 heterocycles. The van der Waals surface area contributed by atoms with E-state index in [9.17, 15) is 4.79 Å². The maximum absolute atomic E-state index is 12.5. The molecule has 27 heavy (non-hydrogen) atoms. The molecule has 0 aliphatic heterocycles. The molecule has 5 nitrogen and oxygen atoms in total. The number of carbonyl (C=O) groups is 1. The predicted molar refractivity (Wildman–Crippen MR) is 109 cm³/mol. The number of aromatic nitrogens is 2. The van der Waals surface area contributed by atoms with Crippen LogP contribution < -0.4 is 10.2 Å². The fraction of sp³-hybridized carbons (Fsp3) is 0.333. The van der Waals surface area contributed by atoms with Gasteiger partial charge in [0.25, 0.3) is 0 Å². The molecule has 0 saturated heterocycles. The van der Waals surface area contributed by atoms with Gasteiger partial charge in [0, 0.05) is 24.0 Å². The lowest BCUT2D eigenvalue weighted by Gasteiger charge is -2.14. The third kappa shape index (κ3) is 4.61. The topological polar surface area (TPSA) is 56.1 Å². The van der Waals surface area contributed by atoms with E-state index in [1.54, 1.807) is 17.0 Å². The lowest BCUT2D eigenvalue weighted by molar-refractivity contribution is -0.115. The van der Waals surface area contributed by atoms with Crippen molar-refractivity contribution in [2.45, 2.75) is 33.1 Å². The van der Waals surface area contributed by atoms with Crippen molar-refractivity contribution in [2.24, 2.45) is 5.92 Å². The van der Waals surface area contributed by atoms with Gasteiger partial charge in [-0.25, -0.2) is 0 Å². The van der Waals surface area contributed by atoms with E-state index in [1.165, 1.54) is 6.20 Å². The molecule has 1 aromatic carbocycles. The van der Waals surface area contributed by atoms with Crippen LogP contribution in [-0.4, -0.2) is 22.2 Å². The highest BCUT2D eigenvalue weighted by Crippen LogP contribution is 2.23. The van der Waals surface area contributed by atoms with E-state index in [-0.39, 0.29) is 12.3 Å². The number of halogens is 1. The summed E-state index contributed by atoms with van der Waals surface area (Å²) in [7, 11) is 0. The first-order valence-corrected chi connectivity index (χ1v) is 9.61. The molecule has 0 unspecified atom stereocenters. The van der Waals surface area contributed by atoms with Gasteiger partial charge in [0.05, 0.1) is 22.6 Å². The van der Waals surface area contributed by atoms with Crippen LogP contribution in [0.3, 0.4) is 0 Å². The second kappa shape index (κ2) is 8.91. The summed E-state index contributed by atoms with van der Waals surface area (Å²) >= 11 is 6.07. The van der Waals surface area contributed by atoms with E-state index in [2.05, 4.69) is 24.1 Å². The van der Waals surface area contributed by atoms with E-state index >= 15 is 0 Å². The summed E-state index contributed by atoms with van der Waals surface area (Å²) in [5.74, 6) is 0.387. The van der Waals surface area contributed by atoms with Crippen molar-refractivity contribution in [3.8, 4) is 0 Å². The van der Waals surface area contributed by atoms with Gasteiger partial charge in [0.2, 0.25) is 5.91 Å². The molecule has 6 heteroatoms. The minimum atomic E-state index is -0.133. The maximum atomic E-state index is 12.5. The van der Waals surface area contributed by atoms with E-state index in [4.69, 9.17) is 16.4 Å². The first kappa shape index (κ1) is 19.2. The minimum Gasteiger partial charge on any atom is -0.414 e. The molecular formula is C21H24ClN3O2. The number of benzene rings is 1. The third-order valence-electron chi connectivity index (χ3n) is 4.76. The van der Waals surface area contributed by atoms with Crippen LogP contribution >= 0.6 is 11.6 Å². The van der Waals surface area contributed by atoms with Gasteiger partial charge in [0.15, 0.2) is 0 Å². The zero-order valence-electron chi connectivity index (χ0n) is 15.6. The van der Waals surface area contributed by atoms with Crippen LogP contribution in [0.15, 0.2) is 48.9 Å². The smallest absolute Gasteiger partial charge is 0.228 e. The van der Waals surface area contributed by atoms with Crippen LogP contribution in [0.25, 0.3) is 10.9 Å². The summed E-state index contributed by atoms with van der Waals surface area (Å²) in [5, 5.41) is 4.27. The summed E-state index contributed by atoms with van der Waals surface area (Å²) in [4.78, 5) is 22.4. The van der Waals surface area contributed by atoms with Crippen LogP contribution in [0, 0.1) is 5.92 Å². The standard InChI is InChI=1S/C21H24ClN3O2/c1-3-15(4-2)14-27-25-13-16(17-7-5-6-8-20(17)25)11-21(26)24-19-9-10-23-12-18(19)22/h5-10,12-13,15H,3-4,11,14H2,1-2H3,(H,23,24,26). The number of para-hydroxylation sites is 1. The van der Waals surface area contributed by atoms with Crippen LogP contribution in [0.5, 0.6) is 0 Å². The highest BCUT2D eigenvalue weighted by Gasteiger charge is 2.14. The van der Waals surface area contributed by atoms with Gasteiger partial charge in [-0.2, -0.15) is 4.73 Å². The number of hydrogen-bond donors (Lipinski definition) is 1. The Balaban J connectivity index is 1.78. The van der Waals surface area contributed by atoms with Crippen molar-refractivity contribution in [1.82, 2.24) is 9.71 Å². The van der Waals surface area contributed by atoms with Crippen LogP contribution in [0.2, 0.25) is 5.02 Å². The Kier molecular flexibility index (Phi) is 6.35. The summed E-state index contributed by atoms with van der Waals surface area (Å²) in [6.45, 7) is 5.00. The van der Waals surface area contributed by atoms with E-state index in [0.29, 0.717) is 23.2 Å². The number of carbonyl (C=O) groups excluding carboxylic acids is 1. The van der Waals surface area contributed by atoms with Crippen molar-refractivity contribution < 1.29 is 9.63 Å². The van der Waals surface area contributed by atoms with Gasteiger partial charge >= 0.3 is 0 Å². The predicted octanol–water partition coefficient (Wildman–Crippen LogP) is 4.74. The zero-order chi connectivity index (χ0) is 19.2. The number of anilines is 1. The van der Waals surface area contributed by atoms with Gasteiger partial charge in [-0.1, -0.05) is 43.6 Å². The fourth-order valence-corrected chi connectivity index (χ4v) is 3.19. The lowest BCUT2D eigenvalue weighted by Crippen LogP contribution is -2.18. The molecule has 1 N–H and O–H groups in total. The van der Waals surface area contributed by atoms with Crippen molar-refractivity contribution in [3.05, 3.63) is 59.5 Å². The van der Waals surface area contributed by atoms with Crippen molar-refractivity contribution in [3.63, 3.8) is 0 Å². The summed E-state index contributed by atoms with van der Waals surface area (Å²) in [5.41, 5.74) is 2.44. The van der Waals surface area contributed by atoms with Crippen molar-refractivity contribution in [1.29, 1.82) is 0 Å². The quantitative estimate of drug-likeness (QED) is 0.609. The van der Waals surface area contributed by atoms with Crippen LogP contribution in [0.1, 0.15) is 32.3 Å². The Morgan fingerprint density at radius 2 is 2.04 bits per heavy atom. The Bertz CT molecular complexity index is 919. The van der Waals surface area contributed by atoms with Gasteiger partial charge in [-0.3, -0.25) is 9.78 Å². The molecule has 142 valence electrons. The van der Waals surface area contributed by atoms with E-state index in [0.717, 1.165) is 29.3 Å². The number of nitrogens with one attached hydrogen (secondary N) is 1. The number of fused-ring (bicyclic) bond motifs is 1. The monoisotopic (exact) mass is 385 g/mol. The molecule has 0 atom stereocenters. The zero-order valence-corrected chi connectivity index (χ0v) is 16.4. The van der Waals surface area contributed by atoms with Crippen LogP contribution in [0.4, 0.5) is 5.69 Å². The van der Waals surface area contributed by atoms with Gasteiger partial charge in [-0.05, 0) is 36.5 Å². The summed E-state index contributed by atoms with van der Waals surface area (Å²) in [6, 6.07) is 9.63. The molecule has 0 aliphatic rings. The SMILES string of the molecule is CCC(CC)COn1cc(CC(=O)Nc2ccncc2Cl)c2ccccc21. The Hall–Kier alpha value is -2.53. The number of hydrogen-bond acceptors (Lipinski definition) is 3. The average Bonchev–Trinajstić information content (AvgIpc) is 3.02. The molecule has 1 amide bonds. The van der Waals surface area contributed by atoms with E-state index < -0.39 is 0 Å². The molecule has 0 fully saturated rings. The third-order valence-corrected chi connectivity index (χ3v) is 5.06. The second-order valence-electron chi connectivity index (χ2n) is 6.56. The molecule has 3 aromatic rings. The average molecular weight is 386 g/mol. The fourth-order valence-electron chi connectivity index (χ4n) is 3.02. The molecule has 0 spiro atoms. The first-order valence-electron chi connectivity index (χ1n) is 9.24. The normalized spacial score (nSPS) is 11.1. The van der Waals surface area contributed by atoms with Crippen LogP contribution in [-0.2, 0) is 11.2 Å². The highest BCUT2D eigenvalue weighted by atomic mass is 35.5.